The molecule has 0 bridgehead atoms. The lowest BCUT2D eigenvalue weighted by molar-refractivity contribution is -0.384. The van der Waals surface area contributed by atoms with Crippen LogP contribution in [0.1, 0.15) is 17.3 Å². The Morgan fingerprint density at radius 2 is 2.19 bits per heavy atom. The number of carbonyl (C=O) groups excluding carboxylic acids is 1. The van der Waals surface area contributed by atoms with Gasteiger partial charge in [0.15, 0.2) is 5.78 Å². The summed E-state index contributed by atoms with van der Waals surface area (Å²) in [6, 6.07) is 4.24. The van der Waals surface area contributed by atoms with Crippen LogP contribution in [0.3, 0.4) is 0 Å². The number of ketones is 1. The quantitative estimate of drug-likeness (QED) is 0.496. The first kappa shape index (κ1) is 10.6. The molecule has 0 saturated heterocycles. The van der Waals surface area contributed by atoms with Crippen molar-refractivity contribution in [2.24, 2.45) is 0 Å². The molecule has 1 aromatic heterocycles. The molecule has 16 heavy (non-hydrogen) atoms. The Morgan fingerprint density at radius 3 is 2.75 bits per heavy atom. The molecule has 2 rings (SSSR count). The molecule has 1 N–H and O–H groups in total. The van der Waals surface area contributed by atoms with Gasteiger partial charge in [0.2, 0.25) is 0 Å². The molecule has 5 nitrogen and oxygen atoms in total. The van der Waals surface area contributed by atoms with Crippen molar-refractivity contribution in [3.8, 4) is 0 Å². The van der Waals surface area contributed by atoms with Crippen LogP contribution < -0.4 is 0 Å². The van der Waals surface area contributed by atoms with Gasteiger partial charge in [0, 0.05) is 23.0 Å². The Balaban J connectivity index is 2.79. The Morgan fingerprint density at radius 1 is 1.50 bits per heavy atom. The van der Waals surface area contributed by atoms with E-state index < -0.39 is 4.92 Å². The summed E-state index contributed by atoms with van der Waals surface area (Å²) in [5, 5.41) is 11.3. The number of Topliss-reactive ketones (excluding diaryl/α,β-unsaturated/α-hetero) is 1. The van der Waals surface area contributed by atoms with Crippen LogP contribution in [0.5, 0.6) is 0 Å². The van der Waals surface area contributed by atoms with Crippen molar-refractivity contribution in [3.63, 3.8) is 0 Å². The van der Waals surface area contributed by atoms with Gasteiger partial charge in [-0.15, -0.1) is 0 Å². The van der Waals surface area contributed by atoms with E-state index in [9.17, 15) is 14.9 Å². The number of hydrogen-bond donors (Lipinski definition) is 1. The normalized spacial score (nSPS) is 10.6. The summed E-state index contributed by atoms with van der Waals surface area (Å²) in [6.07, 6.45) is 0. The number of nitro benzene ring substituents is 1. The number of fused-ring (bicyclic) bond motifs is 1. The molecule has 0 aliphatic heterocycles. The maximum Gasteiger partial charge on any atom is 0.270 e. The number of nitrogens with one attached hydrogen (secondary N) is 1. The SMILES string of the molecule is CC(=O)c1c(Cl)[nH]c2ccc([N+](=O)[O-])cc12. The molecular weight excluding hydrogens is 232 g/mol. The summed E-state index contributed by atoms with van der Waals surface area (Å²) < 4.78 is 0. The lowest BCUT2D eigenvalue weighted by atomic mass is 10.1. The number of aromatic nitrogens is 1. The standard InChI is InChI=1S/C10H7ClN2O3/c1-5(14)9-7-4-6(13(15)16)2-3-8(7)12-10(9)11/h2-4,12H,1H3. The van der Waals surface area contributed by atoms with Gasteiger partial charge in [0.25, 0.3) is 5.69 Å². The second kappa shape index (κ2) is 3.61. The fourth-order valence-electron chi connectivity index (χ4n) is 1.60. The second-order valence-electron chi connectivity index (χ2n) is 3.36. The fraction of sp³-hybridized carbons (Fsp3) is 0.100. The van der Waals surface area contributed by atoms with Crippen LogP contribution >= 0.6 is 11.6 Å². The molecule has 0 radical (unpaired) electrons. The van der Waals surface area contributed by atoms with E-state index in [1.165, 1.54) is 25.1 Å². The van der Waals surface area contributed by atoms with Gasteiger partial charge in [0.05, 0.1) is 10.5 Å². The highest BCUT2D eigenvalue weighted by Gasteiger charge is 2.16. The number of H-pyrrole nitrogens is 1. The van der Waals surface area contributed by atoms with Gasteiger partial charge in [-0.1, -0.05) is 11.6 Å². The molecule has 0 atom stereocenters. The van der Waals surface area contributed by atoms with E-state index in [1.54, 1.807) is 0 Å². The zero-order valence-corrected chi connectivity index (χ0v) is 9.04. The van der Waals surface area contributed by atoms with Crippen LogP contribution in [-0.4, -0.2) is 15.7 Å². The van der Waals surface area contributed by atoms with Gasteiger partial charge in [0.1, 0.15) is 5.15 Å². The number of non-ortho nitro benzene ring substituents is 1. The summed E-state index contributed by atoms with van der Waals surface area (Å²) in [7, 11) is 0. The molecule has 0 spiro atoms. The van der Waals surface area contributed by atoms with Crippen LogP contribution in [0.4, 0.5) is 5.69 Å². The molecule has 0 saturated carbocycles. The lowest BCUT2D eigenvalue weighted by Gasteiger charge is -1.94. The maximum atomic E-state index is 11.3. The van der Waals surface area contributed by atoms with E-state index in [4.69, 9.17) is 11.6 Å². The molecule has 0 aliphatic rings. The Kier molecular flexibility index (Phi) is 2.40. The Bertz CT molecular complexity index is 603. The van der Waals surface area contributed by atoms with Crippen molar-refractivity contribution < 1.29 is 9.72 Å². The largest absolute Gasteiger partial charge is 0.345 e. The summed E-state index contributed by atoms with van der Waals surface area (Å²) in [6.45, 7) is 1.37. The van der Waals surface area contributed by atoms with Gasteiger partial charge < -0.3 is 4.98 Å². The van der Waals surface area contributed by atoms with E-state index in [2.05, 4.69) is 4.98 Å². The molecule has 6 heteroatoms. The van der Waals surface area contributed by atoms with E-state index in [0.29, 0.717) is 16.5 Å². The van der Waals surface area contributed by atoms with Gasteiger partial charge in [-0.2, -0.15) is 0 Å². The molecule has 1 heterocycles. The zero-order chi connectivity index (χ0) is 11.9. The van der Waals surface area contributed by atoms with Crippen molar-refractivity contribution in [2.45, 2.75) is 6.92 Å². The van der Waals surface area contributed by atoms with Crippen LogP contribution in [0.2, 0.25) is 5.15 Å². The van der Waals surface area contributed by atoms with Crippen LogP contribution in [0.15, 0.2) is 18.2 Å². The van der Waals surface area contributed by atoms with Crippen LogP contribution in [-0.2, 0) is 0 Å². The Hall–Kier alpha value is -1.88. The smallest absolute Gasteiger partial charge is 0.270 e. The van der Waals surface area contributed by atoms with Crippen molar-refractivity contribution >= 4 is 34.0 Å². The number of aromatic amines is 1. The van der Waals surface area contributed by atoms with Crippen molar-refractivity contribution in [3.05, 3.63) is 39.0 Å². The molecule has 2 aromatic rings. The molecular formula is C10H7ClN2O3. The molecule has 0 fully saturated rings. The van der Waals surface area contributed by atoms with E-state index in [0.717, 1.165) is 0 Å². The number of carbonyl (C=O) groups is 1. The first-order valence-electron chi connectivity index (χ1n) is 4.47. The number of rotatable bonds is 2. The van der Waals surface area contributed by atoms with Crippen molar-refractivity contribution in [1.29, 1.82) is 0 Å². The van der Waals surface area contributed by atoms with Gasteiger partial charge in [-0.3, -0.25) is 14.9 Å². The first-order valence-corrected chi connectivity index (χ1v) is 4.85. The summed E-state index contributed by atoms with van der Waals surface area (Å²) >= 11 is 5.85. The molecule has 0 aliphatic carbocycles. The Labute approximate surface area is 95.2 Å². The second-order valence-corrected chi connectivity index (χ2v) is 3.74. The molecule has 1 aromatic carbocycles. The van der Waals surface area contributed by atoms with Crippen LogP contribution in [0, 0.1) is 10.1 Å². The van der Waals surface area contributed by atoms with E-state index in [-0.39, 0.29) is 16.6 Å². The average molecular weight is 239 g/mol. The highest BCUT2D eigenvalue weighted by Crippen LogP contribution is 2.29. The third kappa shape index (κ3) is 1.55. The van der Waals surface area contributed by atoms with E-state index in [1.807, 2.05) is 0 Å². The van der Waals surface area contributed by atoms with Gasteiger partial charge in [-0.25, -0.2) is 0 Å². The van der Waals surface area contributed by atoms with Crippen molar-refractivity contribution in [1.82, 2.24) is 4.98 Å². The van der Waals surface area contributed by atoms with Gasteiger partial charge in [-0.05, 0) is 13.0 Å². The first-order chi connectivity index (χ1) is 7.50. The maximum absolute atomic E-state index is 11.3. The summed E-state index contributed by atoms with van der Waals surface area (Å²) in [4.78, 5) is 24.2. The monoisotopic (exact) mass is 238 g/mol. The number of benzene rings is 1. The van der Waals surface area contributed by atoms with E-state index >= 15 is 0 Å². The predicted molar refractivity (Wildman–Crippen MR) is 60.0 cm³/mol. The molecule has 0 amide bonds. The van der Waals surface area contributed by atoms with Crippen LogP contribution in [0.25, 0.3) is 10.9 Å². The minimum atomic E-state index is -0.510. The summed E-state index contributed by atoms with van der Waals surface area (Å²) in [5.41, 5.74) is 0.840. The highest BCUT2D eigenvalue weighted by atomic mass is 35.5. The minimum absolute atomic E-state index is 0.0642. The molecule has 0 unspecified atom stereocenters. The topological polar surface area (TPSA) is 76.0 Å². The predicted octanol–water partition coefficient (Wildman–Crippen LogP) is 2.93. The lowest BCUT2D eigenvalue weighted by Crippen LogP contribution is -1.92. The number of hydrogen-bond acceptors (Lipinski definition) is 3. The zero-order valence-electron chi connectivity index (χ0n) is 8.28. The third-order valence-corrected chi connectivity index (χ3v) is 2.58. The number of nitro groups is 1. The summed E-state index contributed by atoms with van der Waals surface area (Å²) in [5.74, 6) is -0.225. The fourth-order valence-corrected chi connectivity index (χ4v) is 1.94. The number of halogens is 1. The van der Waals surface area contributed by atoms with Gasteiger partial charge >= 0.3 is 0 Å². The highest BCUT2D eigenvalue weighted by molar-refractivity contribution is 6.35. The van der Waals surface area contributed by atoms with Crippen molar-refractivity contribution in [2.75, 3.05) is 0 Å². The third-order valence-electron chi connectivity index (χ3n) is 2.30. The molecule has 82 valence electrons. The minimum Gasteiger partial charge on any atom is -0.345 e. The number of nitrogens with zero attached hydrogens (tertiary/aromatic N) is 1. The average Bonchev–Trinajstić information content (AvgIpc) is 2.51.